The highest BCUT2D eigenvalue weighted by Gasteiger charge is 2.34. The molecule has 0 atom stereocenters. The Bertz CT molecular complexity index is 893. The Kier molecular flexibility index (Phi) is 5.11. The first-order valence-electron chi connectivity index (χ1n) is 6.37. The second kappa shape index (κ2) is 6.52. The van der Waals surface area contributed by atoms with Crippen molar-refractivity contribution < 1.29 is 34.8 Å². The van der Waals surface area contributed by atoms with Crippen LogP contribution in [0.25, 0.3) is 0 Å². The van der Waals surface area contributed by atoms with Crippen LogP contribution in [0.2, 0.25) is 0 Å². The van der Waals surface area contributed by atoms with E-state index in [0.717, 1.165) is 30.3 Å². The van der Waals surface area contributed by atoms with Gasteiger partial charge in [0.15, 0.2) is 0 Å². The molecule has 11 heteroatoms. The fourth-order valence-corrected chi connectivity index (χ4v) is 3.41. The zero-order valence-electron chi connectivity index (χ0n) is 11.9. The lowest BCUT2D eigenvalue weighted by Crippen LogP contribution is -2.15. The minimum Gasteiger partial charge on any atom is -0.280 e. The zero-order valence-corrected chi connectivity index (χ0v) is 14.3. The molecule has 2 rings (SSSR count). The van der Waals surface area contributed by atoms with Gasteiger partial charge in [0.05, 0.1) is 16.0 Å². The molecule has 0 aliphatic heterocycles. The Hall–Kier alpha value is -1.75. The summed E-state index contributed by atoms with van der Waals surface area (Å²) in [6.45, 7) is 0. The molecule has 0 unspecified atom stereocenters. The SMILES string of the molecule is O=S(=O)(Nc1cccc(C(F)(F)F)c1)c1ccc(Br)c(C(F)(F)F)c1. The zero-order chi connectivity index (χ0) is 19.0. The number of hydrogen-bond acceptors (Lipinski definition) is 2. The maximum absolute atomic E-state index is 12.9. The summed E-state index contributed by atoms with van der Waals surface area (Å²) in [6.07, 6.45) is -9.50. The van der Waals surface area contributed by atoms with E-state index >= 15 is 0 Å². The highest BCUT2D eigenvalue weighted by molar-refractivity contribution is 9.10. The highest BCUT2D eigenvalue weighted by atomic mass is 79.9. The van der Waals surface area contributed by atoms with Crippen molar-refractivity contribution in [2.75, 3.05) is 4.72 Å². The highest BCUT2D eigenvalue weighted by Crippen LogP contribution is 2.36. The standard InChI is InChI=1S/C14H8BrF6NO2S/c15-12-5-4-10(7-11(12)14(19,20)21)25(23,24)22-9-3-1-2-8(6-9)13(16,17)18/h1-7,22H. The normalized spacial score (nSPS) is 12.9. The molecule has 0 saturated heterocycles. The van der Waals surface area contributed by atoms with Gasteiger partial charge in [-0.3, -0.25) is 4.72 Å². The summed E-state index contributed by atoms with van der Waals surface area (Å²) in [4.78, 5) is -0.736. The van der Waals surface area contributed by atoms with Gasteiger partial charge in [-0.2, -0.15) is 26.3 Å². The maximum Gasteiger partial charge on any atom is 0.417 e. The third-order valence-electron chi connectivity index (χ3n) is 3.00. The van der Waals surface area contributed by atoms with Gasteiger partial charge in [0, 0.05) is 10.2 Å². The molecule has 0 aliphatic carbocycles. The van der Waals surface area contributed by atoms with Crippen LogP contribution in [0.3, 0.4) is 0 Å². The molecule has 0 aliphatic rings. The number of halogens is 7. The van der Waals surface area contributed by atoms with Gasteiger partial charge < -0.3 is 0 Å². The summed E-state index contributed by atoms with van der Waals surface area (Å²) in [5, 5.41) is 0. The van der Waals surface area contributed by atoms with Crippen molar-refractivity contribution in [3.63, 3.8) is 0 Å². The quantitative estimate of drug-likeness (QED) is 0.650. The number of benzene rings is 2. The van der Waals surface area contributed by atoms with Crippen LogP contribution in [0.4, 0.5) is 32.0 Å². The predicted molar refractivity (Wildman–Crippen MR) is 81.4 cm³/mol. The molecule has 25 heavy (non-hydrogen) atoms. The molecule has 0 saturated carbocycles. The van der Waals surface area contributed by atoms with Crippen LogP contribution < -0.4 is 4.72 Å². The van der Waals surface area contributed by atoms with Gasteiger partial charge in [-0.1, -0.05) is 22.0 Å². The van der Waals surface area contributed by atoms with Crippen molar-refractivity contribution in [1.82, 2.24) is 0 Å². The molecular formula is C14H8BrF6NO2S. The first-order valence-corrected chi connectivity index (χ1v) is 8.65. The van der Waals surface area contributed by atoms with Crippen LogP contribution >= 0.6 is 15.9 Å². The lowest BCUT2D eigenvalue weighted by Gasteiger charge is -2.13. The molecule has 0 fully saturated rings. The molecule has 0 spiro atoms. The first-order chi connectivity index (χ1) is 11.3. The van der Waals surface area contributed by atoms with Crippen molar-refractivity contribution in [3.05, 3.63) is 58.1 Å². The summed E-state index contributed by atoms with van der Waals surface area (Å²) in [5.74, 6) is 0. The Morgan fingerprint density at radius 2 is 1.52 bits per heavy atom. The summed E-state index contributed by atoms with van der Waals surface area (Å²) >= 11 is 2.67. The van der Waals surface area contributed by atoms with E-state index in [4.69, 9.17) is 0 Å². The lowest BCUT2D eigenvalue weighted by atomic mass is 10.2. The smallest absolute Gasteiger partial charge is 0.280 e. The van der Waals surface area contributed by atoms with Gasteiger partial charge in [-0.25, -0.2) is 8.42 Å². The van der Waals surface area contributed by atoms with Crippen molar-refractivity contribution >= 4 is 31.6 Å². The minimum absolute atomic E-state index is 0.363. The summed E-state index contributed by atoms with van der Waals surface area (Å²) in [7, 11) is -4.51. The molecule has 0 radical (unpaired) electrons. The molecule has 0 bridgehead atoms. The number of sulfonamides is 1. The average molecular weight is 448 g/mol. The van der Waals surface area contributed by atoms with Crippen molar-refractivity contribution in [2.24, 2.45) is 0 Å². The van der Waals surface area contributed by atoms with Crippen LogP contribution in [-0.2, 0) is 22.4 Å². The summed E-state index contributed by atoms with van der Waals surface area (Å²) < 4.78 is 102. The van der Waals surface area contributed by atoms with Gasteiger partial charge in [0.2, 0.25) is 0 Å². The second-order valence-electron chi connectivity index (χ2n) is 4.82. The van der Waals surface area contributed by atoms with Crippen molar-refractivity contribution in [1.29, 1.82) is 0 Å². The van der Waals surface area contributed by atoms with Gasteiger partial charge in [0.1, 0.15) is 0 Å². The summed E-state index contributed by atoms with van der Waals surface area (Å²) in [5.41, 5.74) is -2.75. The number of rotatable bonds is 3. The van der Waals surface area contributed by atoms with Crippen LogP contribution in [-0.4, -0.2) is 8.42 Å². The monoisotopic (exact) mass is 447 g/mol. The van der Waals surface area contributed by atoms with E-state index in [-0.39, 0.29) is 4.47 Å². The van der Waals surface area contributed by atoms with Gasteiger partial charge in [-0.05, 0) is 36.4 Å². The fraction of sp³-hybridized carbons (Fsp3) is 0.143. The Balaban J connectivity index is 2.41. The van der Waals surface area contributed by atoms with E-state index in [2.05, 4.69) is 15.9 Å². The van der Waals surface area contributed by atoms with Crippen LogP contribution in [0.15, 0.2) is 51.8 Å². The molecule has 2 aromatic carbocycles. The second-order valence-corrected chi connectivity index (χ2v) is 7.36. The lowest BCUT2D eigenvalue weighted by molar-refractivity contribution is -0.138. The van der Waals surface area contributed by atoms with E-state index < -0.39 is 44.1 Å². The van der Waals surface area contributed by atoms with Crippen molar-refractivity contribution in [2.45, 2.75) is 17.2 Å². The molecule has 136 valence electrons. The summed E-state index contributed by atoms with van der Waals surface area (Å²) in [6, 6.07) is 5.48. The molecule has 0 aromatic heterocycles. The number of alkyl halides is 6. The minimum atomic E-state index is -4.80. The Morgan fingerprint density at radius 1 is 0.880 bits per heavy atom. The van der Waals surface area contributed by atoms with E-state index in [1.807, 2.05) is 4.72 Å². The van der Waals surface area contributed by atoms with E-state index in [1.54, 1.807) is 0 Å². The Morgan fingerprint density at radius 3 is 2.08 bits per heavy atom. The topological polar surface area (TPSA) is 46.2 Å². The molecule has 2 aromatic rings. The predicted octanol–water partition coefficient (Wildman–Crippen LogP) is 5.29. The maximum atomic E-state index is 12.9. The first kappa shape index (κ1) is 19.6. The number of nitrogens with one attached hydrogen (secondary N) is 1. The molecule has 0 amide bonds. The Labute approximate surface area is 146 Å². The number of anilines is 1. The van der Waals surface area contributed by atoms with Gasteiger partial charge >= 0.3 is 12.4 Å². The molecule has 1 N–H and O–H groups in total. The third-order valence-corrected chi connectivity index (χ3v) is 5.07. The molecular weight excluding hydrogens is 440 g/mol. The molecule has 0 heterocycles. The largest absolute Gasteiger partial charge is 0.417 e. The van der Waals surface area contributed by atoms with E-state index in [0.29, 0.717) is 12.1 Å². The van der Waals surface area contributed by atoms with Crippen LogP contribution in [0.5, 0.6) is 0 Å². The van der Waals surface area contributed by atoms with Gasteiger partial charge in [-0.15, -0.1) is 0 Å². The van der Waals surface area contributed by atoms with Crippen molar-refractivity contribution in [3.8, 4) is 0 Å². The van der Waals surface area contributed by atoms with E-state index in [1.165, 1.54) is 0 Å². The number of hydrogen-bond donors (Lipinski definition) is 1. The van der Waals surface area contributed by atoms with E-state index in [9.17, 15) is 34.8 Å². The van der Waals surface area contributed by atoms with Crippen LogP contribution in [0, 0.1) is 0 Å². The molecule has 3 nitrogen and oxygen atoms in total. The fourth-order valence-electron chi connectivity index (χ4n) is 1.86. The average Bonchev–Trinajstić information content (AvgIpc) is 2.45. The van der Waals surface area contributed by atoms with Gasteiger partial charge in [0.25, 0.3) is 10.0 Å². The van der Waals surface area contributed by atoms with Crippen LogP contribution in [0.1, 0.15) is 11.1 Å². The third kappa shape index (κ3) is 4.66.